The minimum Gasteiger partial charge on any atom is -0.377 e. The summed E-state index contributed by atoms with van der Waals surface area (Å²) in [4.78, 5) is 0. The summed E-state index contributed by atoms with van der Waals surface area (Å²) in [6.45, 7) is 14.7. The van der Waals surface area contributed by atoms with Gasteiger partial charge in [-0.3, -0.25) is 0 Å². The van der Waals surface area contributed by atoms with Gasteiger partial charge in [-0.15, -0.1) is 0 Å². The number of hydrogen-bond donors (Lipinski definition) is 1. The number of ether oxygens (including phenoxy) is 1. The molecule has 1 aromatic carbocycles. The Labute approximate surface area is 118 Å². The van der Waals surface area contributed by atoms with Gasteiger partial charge in [0.15, 0.2) is 0 Å². The van der Waals surface area contributed by atoms with Crippen LogP contribution in [0, 0.1) is 20.8 Å². The van der Waals surface area contributed by atoms with Gasteiger partial charge in [-0.25, -0.2) is 0 Å². The molecular formula is C17H29NO. The highest BCUT2D eigenvalue weighted by Gasteiger charge is 2.13. The van der Waals surface area contributed by atoms with E-state index in [0.29, 0.717) is 12.1 Å². The van der Waals surface area contributed by atoms with E-state index in [0.717, 1.165) is 19.6 Å². The van der Waals surface area contributed by atoms with Crippen LogP contribution in [-0.2, 0) is 11.2 Å². The molecule has 0 aliphatic heterocycles. The lowest BCUT2D eigenvalue weighted by Gasteiger charge is -2.22. The second-order valence-electron chi connectivity index (χ2n) is 5.72. The van der Waals surface area contributed by atoms with Crippen molar-refractivity contribution in [3.05, 3.63) is 34.4 Å². The maximum atomic E-state index is 5.77. The van der Waals surface area contributed by atoms with E-state index in [4.69, 9.17) is 4.74 Å². The van der Waals surface area contributed by atoms with E-state index in [1.807, 2.05) is 0 Å². The maximum Gasteiger partial charge on any atom is 0.0626 e. The van der Waals surface area contributed by atoms with Crippen LogP contribution in [0.3, 0.4) is 0 Å². The van der Waals surface area contributed by atoms with Gasteiger partial charge in [0.25, 0.3) is 0 Å². The molecule has 108 valence electrons. The normalized spacial score (nSPS) is 13.0. The first-order valence-electron chi connectivity index (χ1n) is 7.35. The fourth-order valence-electron chi connectivity index (χ4n) is 2.57. The maximum absolute atomic E-state index is 5.77. The molecule has 0 spiro atoms. The summed E-state index contributed by atoms with van der Waals surface area (Å²) in [5.41, 5.74) is 5.59. The molecule has 0 bridgehead atoms. The van der Waals surface area contributed by atoms with Crippen LogP contribution in [0.1, 0.15) is 43.0 Å². The molecule has 0 heterocycles. The van der Waals surface area contributed by atoms with Crippen molar-refractivity contribution >= 4 is 0 Å². The molecule has 0 saturated heterocycles. The van der Waals surface area contributed by atoms with Crippen LogP contribution in [0.5, 0.6) is 0 Å². The molecule has 1 rings (SSSR count). The Balaban J connectivity index is 2.78. The smallest absolute Gasteiger partial charge is 0.0626 e. The van der Waals surface area contributed by atoms with E-state index < -0.39 is 0 Å². The van der Waals surface area contributed by atoms with Gasteiger partial charge < -0.3 is 10.1 Å². The third-order valence-electron chi connectivity index (χ3n) is 3.41. The molecule has 0 saturated carbocycles. The standard InChI is InChI=1S/C17H29NO/c1-7-18-16(11-19-12(2)3)10-17-14(5)8-13(4)9-15(17)6/h8-9,12,16,18H,7,10-11H2,1-6H3. The van der Waals surface area contributed by atoms with Gasteiger partial charge >= 0.3 is 0 Å². The lowest BCUT2D eigenvalue weighted by Crippen LogP contribution is -2.36. The molecule has 0 fully saturated rings. The van der Waals surface area contributed by atoms with E-state index in [1.54, 1.807) is 0 Å². The van der Waals surface area contributed by atoms with Crippen molar-refractivity contribution in [3.63, 3.8) is 0 Å². The number of aryl methyl sites for hydroxylation is 3. The fraction of sp³-hybridized carbons (Fsp3) is 0.647. The molecule has 0 aliphatic rings. The topological polar surface area (TPSA) is 21.3 Å². The first-order chi connectivity index (χ1) is 8.93. The highest BCUT2D eigenvalue weighted by Crippen LogP contribution is 2.18. The quantitative estimate of drug-likeness (QED) is 0.812. The van der Waals surface area contributed by atoms with Gasteiger partial charge in [0, 0.05) is 6.04 Å². The van der Waals surface area contributed by atoms with Crippen molar-refractivity contribution in [1.82, 2.24) is 5.32 Å². The van der Waals surface area contributed by atoms with Gasteiger partial charge in [0.05, 0.1) is 12.7 Å². The van der Waals surface area contributed by atoms with Crippen LogP contribution in [0.2, 0.25) is 0 Å². The first-order valence-corrected chi connectivity index (χ1v) is 7.35. The van der Waals surface area contributed by atoms with Crippen molar-refractivity contribution in [2.75, 3.05) is 13.2 Å². The zero-order chi connectivity index (χ0) is 14.4. The molecule has 2 nitrogen and oxygen atoms in total. The molecule has 19 heavy (non-hydrogen) atoms. The van der Waals surface area contributed by atoms with Crippen molar-refractivity contribution in [2.24, 2.45) is 0 Å². The SMILES string of the molecule is CCNC(COC(C)C)Cc1c(C)cc(C)cc1C. The fourth-order valence-corrected chi connectivity index (χ4v) is 2.57. The second-order valence-corrected chi connectivity index (χ2v) is 5.72. The zero-order valence-electron chi connectivity index (χ0n) is 13.3. The molecule has 1 N–H and O–H groups in total. The second kappa shape index (κ2) is 7.66. The molecule has 0 amide bonds. The summed E-state index contributed by atoms with van der Waals surface area (Å²) < 4.78 is 5.77. The lowest BCUT2D eigenvalue weighted by atomic mass is 9.94. The highest BCUT2D eigenvalue weighted by molar-refractivity contribution is 5.38. The Hall–Kier alpha value is -0.860. The van der Waals surface area contributed by atoms with Gasteiger partial charge in [0.1, 0.15) is 0 Å². The Morgan fingerprint density at radius 2 is 1.68 bits per heavy atom. The van der Waals surface area contributed by atoms with Gasteiger partial charge in [0.2, 0.25) is 0 Å². The summed E-state index contributed by atoms with van der Waals surface area (Å²) in [6.07, 6.45) is 1.33. The van der Waals surface area contributed by atoms with Crippen LogP contribution in [0.15, 0.2) is 12.1 Å². The number of nitrogens with one attached hydrogen (secondary N) is 1. The lowest BCUT2D eigenvalue weighted by molar-refractivity contribution is 0.0615. The summed E-state index contributed by atoms with van der Waals surface area (Å²) >= 11 is 0. The van der Waals surface area contributed by atoms with Crippen LogP contribution in [-0.4, -0.2) is 25.3 Å². The third-order valence-corrected chi connectivity index (χ3v) is 3.41. The minimum absolute atomic E-state index is 0.293. The van der Waals surface area contributed by atoms with Crippen molar-refractivity contribution in [1.29, 1.82) is 0 Å². The molecule has 2 heteroatoms. The Morgan fingerprint density at radius 1 is 1.11 bits per heavy atom. The van der Waals surface area contributed by atoms with Crippen LogP contribution >= 0.6 is 0 Å². The summed E-state index contributed by atoms with van der Waals surface area (Å²) in [7, 11) is 0. The van der Waals surface area contributed by atoms with E-state index in [2.05, 4.69) is 59.0 Å². The van der Waals surface area contributed by atoms with Gasteiger partial charge in [-0.1, -0.05) is 24.6 Å². The predicted molar refractivity (Wildman–Crippen MR) is 82.9 cm³/mol. The van der Waals surface area contributed by atoms with E-state index in [1.165, 1.54) is 22.3 Å². The van der Waals surface area contributed by atoms with Crippen molar-refractivity contribution in [2.45, 2.75) is 60.1 Å². The van der Waals surface area contributed by atoms with Crippen LogP contribution < -0.4 is 5.32 Å². The first kappa shape index (κ1) is 16.2. The molecule has 1 unspecified atom stereocenters. The minimum atomic E-state index is 0.293. The molecule has 0 radical (unpaired) electrons. The molecule has 0 aromatic heterocycles. The monoisotopic (exact) mass is 263 g/mol. The van der Waals surface area contributed by atoms with Crippen molar-refractivity contribution in [3.8, 4) is 0 Å². The molecule has 0 aliphatic carbocycles. The third kappa shape index (κ3) is 5.33. The van der Waals surface area contributed by atoms with Crippen LogP contribution in [0.25, 0.3) is 0 Å². The summed E-state index contributed by atoms with van der Waals surface area (Å²) in [6, 6.07) is 4.94. The largest absolute Gasteiger partial charge is 0.377 e. The number of likely N-dealkylation sites (N-methyl/N-ethyl adjacent to an activating group) is 1. The van der Waals surface area contributed by atoms with Gasteiger partial charge in [-0.2, -0.15) is 0 Å². The highest BCUT2D eigenvalue weighted by atomic mass is 16.5. The Kier molecular flexibility index (Phi) is 6.53. The molecule has 1 atom stereocenters. The van der Waals surface area contributed by atoms with E-state index in [9.17, 15) is 0 Å². The number of rotatable bonds is 7. The van der Waals surface area contributed by atoms with E-state index in [-0.39, 0.29) is 0 Å². The molecular weight excluding hydrogens is 234 g/mol. The average molecular weight is 263 g/mol. The zero-order valence-corrected chi connectivity index (χ0v) is 13.3. The Bertz CT molecular complexity index is 375. The van der Waals surface area contributed by atoms with Gasteiger partial charge in [-0.05, 0) is 64.3 Å². The molecule has 1 aromatic rings. The average Bonchev–Trinajstić information content (AvgIpc) is 2.30. The summed E-state index contributed by atoms with van der Waals surface area (Å²) in [5.74, 6) is 0. The van der Waals surface area contributed by atoms with Crippen molar-refractivity contribution < 1.29 is 4.74 Å². The number of hydrogen-bond acceptors (Lipinski definition) is 2. The number of benzene rings is 1. The Morgan fingerprint density at radius 3 is 2.16 bits per heavy atom. The summed E-state index contributed by atoms with van der Waals surface area (Å²) in [5, 5.41) is 3.53. The predicted octanol–water partition coefficient (Wildman–Crippen LogP) is 3.56. The van der Waals surface area contributed by atoms with Crippen LogP contribution in [0.4, 0.5) is 0 Å². The van der Waals surface area contributed by atoms with E-state index >= 15 is 0 Å².